The van der Waals surface area contributed by atoms with E-state index in [2.05, 4.69) is 219 Å². The molecule has 9 rings (SSSR count). The molecule has 0 atom stereocenters. The van der Waals surface area contributed by atoms with Crippen LogP contribution in [0, 0.1) is 13.8 Å². The Morgan fingerprint density at radius 2 is 0.750 bits per heavy atom. The molecule has 0 aliphatic heterocycles. The molecule has 0 aromatic heterocycles. The zero-order valence-electron chi connectivity index (χ0n) is 29.5. The smallest absolute Gasteiger partial charge is 0.0713 e. The molecule has 0 saturated heterocycles. The van der Waals surface area contributed by atoms with Gasteiger partial charge in [0.05, 0.1) is 5.41 Å². The van der Waals surface area contributed by atoms with Crippen molar-refractivity contribution >= 4 is 17.1 Å². The maximum absolute atomic E-state index is 2.44. The number of hydrogen-bond acceptors (Lipinski definition) is 1. The molecule has 0 spiro atoms. The highest BCUT2D eigenvalue weighted by molar-refractivity contribution is 5.87. The van der Waals surface area contributed by atoms with Crippen LogP contribution in [-0.2, 0) is 5.41 Å². The first-order valence-corrected chi connectivity index (χ1v) is 18.1. The molecule has 0 heterocycles. The van der Waals surface area contributed by atoms with Gasteiger partial charge in [0.1, 0.15) is 0 Å². The van der Waals surface area contributed by atoms with Crippen LogP contribution < -0.4 is 4.90 Å². The van der Waals surface area contributed by atoms with Crippen LogP contribution in [0.1, 0.15) is 33.4 Å². The molecule has 1 aliphatic rings. The number of aryl methyl sites for hydroxylation is 2. The minimum atomic E-state index is -0.404. The van der Waals surface area contributed by atoms with Crippen LogP contribution in [0.3, 0.4) is 0 Å². The highest BCUT2D eigenvalue weighted by Crippen LogP contribution is 2.56. The minimum absolute atomic E-state index is 0.404. The molecule has 0 saturated carbocycles. The number of hydrogen-bond donors (Lipinski definition) is 0. The zero-order valence-corrected chi connectivity index (χ0v) is 29.5. The van der Waals surface area contributed by atoms with Crippen molar-refractivity contribution in [2.45, 2.75) is 19.3 Å². The van der Waals surface area contributed by atoms with Crippen molar-refractivity contribution in [3.63, 3.8) is 0 Å². The van der Waals surface area contributed by atoms with Gasteiger partial charge in [-0.2, -0.15) is 0 Å². The van der Waals surface area contributed by atoms with Crippen molar-refractivity contribution < 1.29 is 0 Å². The van der Waals surface area contributed by atoms with Crippen molar-refractivity contribution in [1.29, 1.82) is 0 Å². The van der Waals surface area contributed by atoms with E-state index >= 15 is 0 Å². The molecule has 1 aliphatic carbocycles. The van der Waals surface area contributed by atoms with Gasteiger partial charge in [-0.15, -0.1) is 0 Å². The second-order valence-electron chi connectivity index (χ2n) is 13.8. The monoisotopic (exact) mass is 665 g/mol. The normalized spacial score (nSPS) is 12.6. The zero-order chi connectivity index (χ0) is 35.1. The Kier molecular flexibility index (Phi) is 7.90. The summed E-state index contributed by atoms with van der Waals surface area (Å²) >= 11 is 0. The Balaban J connectivity index is 1.13. The Morgan fingerprint density at radius 1 is 0.346 bits per heavy atom. The van der Waals surface area contributed by atoms with Gasteiger partial charge in [0.25, 0.3) is 0 Å². The van der Waals surface area contributed by atoms with Gasteiger partial charge < -0.3 is 4.90 Å². The van der Waals surface area contributed by atoms with E-state index in [0.717, 1.165) is 17.1 Å². The molecular weight excluding hydrogens is 627 g/mol. The molecule has 0 bridgehead atoms. The number of nitrogens with zero attached hydrogens (tertiary/aromatic N) is 1. The molecule has 0 N–H and O–H groups in total. The van der Waals surface area contributed by atoms with Gasteiger partial charge in [-0.25, -0.2) is 0 Å². The number of para-hydroxylation sites is 1. The predicted octanol–water partition coefficient (Wildman–Crippen LogP) is 13.5. The van der Waals surface area contributed by atoms with E-state index in [9.17, 15) is 0 Å². The van der Waals surface area contributed by atoms with Crippen molar-refractivity contribution in [2.24, 2.45) is 0 Å². The van der Waals surface area contributed by atoms with Crippen LogP contribution in [0.4, 0.5) is 17.1 Å². The molecule has 1 nitrogen and oxygen atoms in total. The molecule has 8 aromatic rings. The van der Waals surface area contributed by atoms with E-state index in [4.69, 9.17) is 0 Å². The first kappa shape index (κ1) is 31.5. The van der Waals surface area contributed by atoms with Gasteiger partial charge in [0.15, 0.2) is 0 Å². The molecule has 8 aromatic carbocycles. The standard InChI is InChI=1S/C51H39N/c1-36-34-42(51(41-18-8-4-9-19-41)48-24-14-12-22-46(48)47-23-13-15-25-49(47)51)35-37(2)50(36)40-28-32-45(33-29-40)52(43-20-10-5-11-21-43)44-30-26-39(27-31-44)38-16-6-3-7-17-38/h3-35H,1-2H3. The van der Waals surface area contributed by atoms with Crippen LogP contribution in [0.15, 0.2) is 200 Å². The lowest BCUT2D eigenvalue weighted by Gasteiger charge is -2.35. The summed E-state index contributed by atoms with van der Waals surface area (Å²) in [7, 11) is 0. The lowest BCUT2D eigenvalue weighted by Crippen LogP contribution is -2.28. The molecule has 248 valence electrons. The van der Waals surface area contributed by atoms with Crippen LogP contribution >= 0.6 is 0 Å². The second kappa shape index (κ2) is 13.0. The maximum atomic E-state index is 2.44. The fourth-order valence-corrected chi connectivity index (χ4v) is 8.58. The fourth-order valence-electron chi connectivity index (χ4n) is 8.58. The van der Waals surface area contributed by atoms with Crippen LogP contribution in [0.2, 0.25) is 0 Å². The van der Waals surface area contributed by atoms with E-state index in [1.165, 1.54) is 66.8 Å². The van der Waals surface area contributed by atoms with Gasteiger partial charge in [-0.3, -0.25) is 0 Å². The minimum Gasteiger partial charge on any atom is -0.311 e. The fraction of sp³-hybridized carbons (Fsp3) is 0.0588. The van der Waals surface area contributed by atoms with Crippen LogP contribution in [0.25, 0.3) is 33.4 Å². The summed E-state index contributed by atoms with van der Waals surface area (Å²) in [5.74, 6) is 0. The van der Waals surface area contributed by atoms with Crippen molar-refractivity contribution in [1.82, 2.24) is 0 Å². The van der Waals surface area contributed by atoms with Crippen LogP contribution in [0.5, 0.6) is 0 Å². The highest BCUT2D eigenvalue weighted by Gasteiger charge is 2.46. The number of anilines is 3. The van der Waals surface area contributed by atoms with E-state index in [-0.39, 0.29) is 0 Å². The SMILES string of the molecule is Cc1cc(C2(c3ccccc3)c3ccccc3-c3ccccc32)cc(C)c1-c1ccc(N(c2ccccc2)c2ccc(-c3ccccc3)cc2)cc1. The van der Waals surface area contributed by atoms with Gasteiger partial charge in [-0.1, -0.05) is 164 Å². The summed E-state index contributed by atoms with van der Waals surface area (Å²) in [5, 5.41) is 0. The number of rotatable bonds is 7. The van der Waals surface area contributed by atoms with Gasteiger partial charge in [0, 0.05) is 17.1 Å². The summed E-state index contributed by atoms with van der Waals surface area (Å²) in [5.41, 5.74) is 18.4. The summed E-state index contributed by atoms with van der Waals surface area (Å²) < 4.78 is 0. The molecule has 52 heavy (non-hydrogen) atoms. The molecule has 0 amide bonds. The lowest BCUT2D eigenvalue weighted by atomic mass is 9.67. The number of fused-ring (bicyclic) bond motifs is 3. The van der Waals surface area contributed by atoms with E-state index in [1.807, 2.05) is 0 Å². The summed E-state index contributed by atoms with van der Waals surface area (Å²) in [4.78, 5) is 2.33. The first-order chi connectivity index (χ1) is 25.6. The largest absolute Gasteiger partial charge is 0.311 e. The van der Waals surface area contributed by atoms with Gasteiger partial charge >= 0.3 is 0 Å². The average Bonchev–Trinajstić information content (AvgIpc) is 3.51. The van der Waals surface area contributed by atoms with Crippen molar-refractivity contribution in [3.05, 3.63) is 234 Å². The van der Waals surface area contributed by atoms with E-state index in [1.54, 1.807) is 0 Å². The highest BCUT2D eigenvalue weighted by atomic mass is 15.1. The molecule has 1 heteroatoms. The van der Waals surface area contributed by atoms with Gasteiger partial charge in [0.2, 0.25) is 0 Å². The Labute approximate surface area is 307 Å². The third-order valence-corrected chi connectivity index (χ3v) is 10.8. The summed E-state index contributed by atoms with van der Waals surface area (Å²) in [6.07, 6.45) is 0. The first-order valence-electron chi connectivity index (χ1n) is 18.1. The second-order valence-corrected chi connectivity index (χ2v) is 13.8. The van der Waals surface area contributed by atoms with E-state index in [0.29, 0.717) is 0 Å². The van der Waals surface area contributed by atoms with Gasteiger partial charge in [-0.05, 0) is 117 Å². The maximum Gasteiger partial charge on any atom is 0.0713 e. The Hall–Kier alpha value is -6.44. The topological polar surface area (TPSA) is 3.24 Å². The molecule has 0 fully saturated rings. The quantitative estimate of drug-likeness (QED) is 0.164. The summed E-state index contributed by atoms with van der Waals surface area (Å²) in [6.45, 7) is 4.55. The third kappa shape index (κ3) is 5.17. The molecule has 0 unspecified atom stereocenters. The molecule has 0 radical (unpaired) electrons. The third-order valence-electron chi connectivity index (χ3n) is 10.8. The average molecular weight is 666 g/mol. The Bertz CT molecular complexity index is 2430. The summed E-state index contributed by atoms with van der Waals surface area (Å²) in [6, 6.07) is 73.0. The molecular formula is C51H39N. The predicted molar refractivity (Wildman–Crippen MR) is 219 cm³/mol. The Morgan fingerprint density at radius 3 is 1.29 bits per heavy atom. The van der Waals surface area contributed by atoms with Crippen LogP contribution in [-0.4, -0.2) is 0 Å². The number of benzene rings is 8. The van der Waals surface area contributed by atoms with Crippen molar-refractivity contribution in [3.8, 4) is 33.4 Å². The van der Waals surface area contributed by atoms with Crippen molar-refractivity contribution in [2.75, 3.05) is 4.90 Å². The van der Waals surface area contributed by atoms with E-state index < -0.39 is 5.41 Å². The lowest BCUT2D eigenvalue weighted by molar-refractivity contribution is 0.766.